The number of ether oxygens (including phenoxy) is 4. The van der Waals surface area contributed by atoms with E-state index in [1.165, 1.54) is 0 Å². The normalized spacial score (nSPS) is 12.2. The van der Waals surface area contributed by atoms with Gasteiger partial charge in [0, 0.05) is 11.1 Å². The molecule has 0 atom stereocenters. The summed E-state index contributed by atoms with van der Waals surface area (Å²) in [7, 11) is 0. The molecule has 0 spiro atoms. The zero-order valence-corrected chi connectivity index (χ0v) is 33.0. The van der Waals surface area contributed by atoms with Crippen LogP contribution in [0, 0.1) is 0 Å². The van der Waals surface area contributed by atoms with Crippen LogP contribution in [0.3, 0.4) is 0 Å². The molecule has 11 heteroatoms. The van der Waals surface area contributed by atoms with Crippen LogP contribution in [0.15, 0.2) is 36.4 Å². The van der Waals surface area contributed by atoms with Gasteiger partial charge in [-0.3, -0.25) is 4.79 Å². The number of carbonyl (C=O) groups excluding carboxylic acids is 3. The minimum Gasteiger partial charge on any atom is -1.00 e. The van der Waals surface area contributed by atoms with Crippen molar-refractivity contribution in [1.82, 2.24) is 0 Å². The molecule has 0 aliphatic heterocycles. The molecule has 3 rings (SSSR count). The summed E-state index contributed by atoms with van der Waals surface area (Å²) in [5, 5.41) is 0. The number of fused-ring (bicyclic) bond motifs is 3. The van der Waals surface area contributed by atoms with Crippen molar-refractivity contribution in [2.75, 3.05) is 65.6 Å². The molecule has 258 valence electrons. The molecule has 0 radical (unpaired) electrons. The molecule has 2 aromatic carbocycles. The van der Waals surface area contributed by atoms with E-state index >= 15 is 0 Å². The van der Waals surface area contributed by atoms with Crippen LogP contribution in [0.25, 0.3) is 11.1 Å². The number of hydrogen-bond donors (Lipinski definition) is 0. The van der Waals surface area contributed by atoms with Crippen LogP contribution in [-0.2, 0) is 19.1 Å². The fourth-order valence-corrected chi connectivity index (χ4v) is 5.76. The predicted molar refractivity (Wildman–Crippen MR) is 171 cm³/mol. The van der Waals surface area contributed by atoms with E-state index in [2.05, 4.69) is 27.7 Å². The number of ketones is 1. The Morgan fingerprint density at radius 1 is 0.609 bits per heavy atom. The number of quaternary nitrogens is 2. The Kier molecular flexibility index (Phi) is 17.5. The standard InChI is InChI=1S/C35H52N2O7.2HI/c1-9-36(10-2,23-33(38)43-25(5)6)17-19-41-27-13-15-29-30-16-14-28(22-32(30)35(40)31(29)21-27)42-20-18-37(11-3,12-4)24-34(39)44-26(7)8;;/h13-16,21-22,25-26H,9-12,17-20,23-24H2,1-8H3;2*1H/q+2;;/p-2. The maximum atomic E-state index is 13.4. The van der Waals surface area contributed by atoms with Gasteiger partial charge in [-0.1, -0.05) is 0 Å². The minimum atomic E-state index is -0.201. The van der Waals surface area contributed by atoms with Gasteiger partial charge in [-0.2, -0.15) is 0 Å². The fourth-order valence-electron chi connectivity index (χ4n) is 5.76. The molecular formula is C35H52I2N2O7. The first-order valence-corrected chi connectivity index (χ1v) is 16.1. The molecule has 0 fully saturated rings. The van der Waals surface area contributed by atoms with Gasteiger partial charge in [0.1, 0.15) is 37.8 Å². The molecule has 0 saturated heterocycles. The molecule has 0 bridgehead atoms. The summed E-state index contributed by atoms with van der Waals surface area (Å²) in [5.41, 5.74) is 2.98. The second-order valence-electron chi connectivity index (χ2n) is 12.2. The highest BCUT2D eigenvalue weighted by Crippen LogP contribution is 2.40. The minimum absolute atomic E-state index is 0. The van der Waals surface area contributed by atoms with E-state index in [1.54, 1.807) is 0 Å². The smallest absolute Gasteiger partial charge is 0.362 e. The Labute approximate surface area is 309 Å². The SMILES string of the molecule is CC[N+](CC)(CCOc1ccc2c(c1)C(=O)c1cc(OCC[N+](CC)(CC)CC(=O)OC(C)C)ccc1-2)CC(=O)OC(C)C.[I-].[I-]. The van der Waals surface area contributed by atoms with E-state index in [9.17, 15) is 14.4 Å². The van der Waals surface area contributed by atoms with Crippen LogP contribution in [0.4, 0.5) is 0 Å². The summed E-state index contributed by atoms with van der Waals surface area (Å²) in [4.78, 5) is 38.2. The quantitative estimate of drug-likeness (QED) is 0.0950. The van der Waals surface area contributed by atoms with E-state index in [-0.39, 0.29) is 77.9 Å². The molecule has 0 heterocycles. The Morgan fingerprint density at radius 2 is 0.957 bits per heavy atom. The number of rotatable bonds is 18. The zero-order chi connectivity index (χ0) is 32.5. The number of nitrogens with zero attached hydrogens (tertiary/aromatic N) is 2. The number of halogens is 2. The van der Waals surface area contributed by atoms with E-state index < -0.39 is 0 Å². The first-order valence-electron chi connectivity index (χ1n) is 16.1. The monoisotopic (exact) mass is 866 g/mol. The molecule has 0 saturated carbocycles. The fraction of sp³-hybridized carbons (Fsp3) is 0.571. The highest BCUT2D eigenvalue weighted by atomic mass is 127. The number of esters is 2. The topological polar surface area (TPSA) is 88.1 Å². The summed E-state index contributed by atoms with van der Waals surface area (Å²) >= 11 is 0. The third kappa shape index (κ3) is 11.0. The Hall–Kier alpha value is -1.97. The van der Waals surface area contributed by atoms with Gasteiger partial charge in [0.2, 0.25) is 0 Å². The lowest BCUT2D eigenvalue weighted by Gasteiger charge is -2.35. The second-order valence-corrected chi connectivity index (χ2v) is 12.2. The van der Waals surface area contributed by atoms with E-state index in [1.807, 2.05) is 64.1 Å². The van der Waals surface area contributed by atoms with Gasteiger partial charge in [-0.15, -0.1) is 0 Å². The Balaban J connectivity index is 0.00000529. The molecule has 1 aliphatic rings. The zero-order valence-electron chi connectivity index (χ0n) is 28.7. The molecule has 9 nitrogen and oxygen atoms in total. The van der Waals surface area contributed by atoms with Gasteiger partial charge in [-0.05, 0) is 103 Å². The average molecular weight is 867 g/mol. The lowest BCUT2D eigenvalue weighted by atomic mass is 10.1. The maximum absolute atomic E-state index is 13.4. The van der Waals surface area contributed by atoms with Crippen LogP contribution < -0.4 is 57.4 Å². The third-order valence-electron chi connectivity index (χ3n) is 8.78. The molecule has 0 aromatic heterocycles. The van der Waals surface area contributed by atoms with Crippen molar-refractivity contribution in [2.24, 2.45) is 0 Å². The highest BCUT2D eigenvalue weighted by Gasteiger charge is 2.31. The van der Waals surface area contributed by atoms with Gasteiger partial charge in [0.15, 0.2) is 18.9 Å². The number of carbonyl (C=O) groups is 3. The van der Waals surface area contributed by atoms with Crippen LogP contribution in [0.5, 0.6) is 11.5 Å². The lowest BCUT2D eigenvalue weighted by Crippen LogP contribution is -3.00. The summed E-state index contributed by atoms with van der Waals surface area (Å²) in [5.74, 6) is 0.793. The number of benzene rings is 2. The predicted octanol–water partition coefficient (Wildman–Crippen LogP) is -0.720. The molecular weight excluding hydrogens is 814 g/mol. The summed E-state index contributed by atoms with van der Waals surface area (Å²) in [6, 6.07) is 11.3. The molecule has 2 aromatic rings. The van der Waals surface area contributed by atoms with Crippen molar-refractivity contribution in [3.63, 3.8) is 0 Å². The number of hydrogen-bond acceptors (Lipinski definition) is 7. The molecule has 0 N–H and O–H groups in total. The highest BCUT2D eigenvalue weighted by molar-refractivity contribution is 6.22. The van der Waals surface area contributed by atoms with Crippen LogP contribution >= 0.6 is 0 Å². The summed E-state index contributed by atoms with van der Waals surface area (Å²) in [6.45, 7) is 21.6. The summed E-state index contributed by atoms with van der Waals surface area (Å²) < 4.78 is 24.1. The van der Waals surface area contributed by atoms with Crippen molar-refractivity contribution in [1.29, 1.82) is 0 Å². The van der Waals surface area contributed by atoms with Crippen molar-refractivity contribution >= 4 is 17.7 Å². The molecule has 46 heavy (non-hydrogen) atoms. The Morgan fingerprint density at radius 3 is 1.26 bits per heavy atom. The van der Waals surface area contributed by atoms with Gasteiger partial charge < -0.3 is 75.9 Å². The molecule has 0 amide bonds. The van der Waals surface area contributed by atoms with E-state index in [0.29, 0.717) is 71.0 Å². The van der Waals surface area contributed by atoms with Gasteiger partial charge in [0.25, 0.3) is 0 Å². The van der Waals surface area contributed by atoms with Crippen LogP contribution in [-0.4, -0.2) is 104 Å². The van der Waals surface area contributed by atoms with Crippen molar-refractivity contribution in [3.05, 3.63) is 47.5 Å². The van der Waals surface area contributed by atoms with Crippen LogP contribution in [0.1, 0.15) is 71.3 Å². The largest absolute Gasteiger partial charge is 1.00 e. The average Bonchev–Trinajstić information content (AvgIpc) is 3.25. The second kappa shape index (κ2) is 19.1. The van der Waals surface area contributed by atoms with Crippen molar-refractivity contribution in [3.8, 4) is 22.6 Å². The molecule has 0 unspecified atom stereocenters. The van der Waals surface area contributed by atoms with Crippen molar-refractivity contribution < 1.29 is 90.3 Å². The van der Waals surface area contributed by atoms with Crippen LogP contribution in [0.2, 0.25) is 0 Å². The Bertz CT molecular complexity index is 1210. The van der Waals surface area contributed by atoms with Crippen molar-refractivity contribution in [2.45, 2.75) is 67.6 Å². The van der Waals surface area contributed by atoms with E-state index in [0.717, 1.165) is 37.3 Å². The first-order chi connectivity index (χ1) is 20.9. The van der Waals surface area contributed by atoms with Gasteiger partial charge in [-0.25, -0.2) is 9.59 Å². The lowest BCUT2D eigenvalue weighted by molar-refractivity contribution is -0.918. The number of likely N-dealkylation sites (N-methyl/N-ethyl adjacent to an activating group) is 2. The summed E-state index contributed by atoms with van der Waals surface area (Å²) in [6.07, 6.45) is -0.282. The molecule has 1 aliphatic carbocycles. The van der Waals surface area contributed by atoms with Gasteiger partial charge >= 0.3 is 11.9 Å². The van der Waals surface area contributed by atoms with E-state index in [4.69, 9.17) is 18.9 Å². The maximum Gasteiger partial charge on any atom is 0.362 e. The van der Waals surface area contributed by atoms with Gasteiger partial charge in [0.05, 0.1) is 38.4 Å². The first kappa shape index (κ1) is 42.1. The third-order valence-corrected chi connectivity index (χ3v) is 8.78.